The van der Waals surface area contributed by atoms with E-state index in [1.54, 1.807) is 12.1 Å². The quantitative estimate of drug-likeness (QED) is 0.840. The number of hydrogen-bond acceptors (Lipinski definition) is 3. The van der Waals surface area contributed by atoms with Crippen molar-refractivity contribution in [3.05, 3.63) is 20.8 Å². The Morgan fingerprint density at radius 3 is 2.67 bits per heavy atom. The SMILES string of the molecule is C[C@@](N)(C(=O)O)c1ccc(Br)s1. The second-order valence-corrected chi connectivity index (χ2v) is 5.07. The van der Waals surface area contributed by atoms with Crippen LogP contribution in [0.5, 0.6) is 0 Å². The van der Waals surface area contributed by atoms with Crippen LogP contribution in [-0.2, 0) is 10.3 Å². The summed E-state index contributed by atoms with van der Waals surface area (Å²) in [5.74, 6) is -1.02. The minimum absolute atomic E-state index is 0.641. The monoisotopic (exact) mass is 249 g/mol. The molecule has 1 heterocycles. The Morgan fingerprint density at radius 2 is 2.33 bits per heavy atom. The van der Waals surface area contributed by atoms with E-state index < -0.39 is 11.5 Å². The third kappa shape index (κ3) is 1.68. The Balaban J connectivity index is 3.05. The van der Waals surface area contributed by atoms with Gasteiger partial charge in [0.1, 0.15) is 5.54 Å². The maximum atomic E-state index is 10.7. The van der Waals surface area contributed by atoms with Gasteiger partial charge >= 0.3 is 5.97 Å². The lowest BCUT2D eigenvalue weighted by molar-refractivity contribution is -0.142. The Labute approximate surface area is 82.3 Å². The first-order valence-corrected chi connectivity index (χ1v) is 4.83. The van der Waals surface area contributed by atoms with Crippen LogP contribution in [0.2, 0.25) is 0 Å². The molecule has 0 aliphatic carbocycles. The molecule has 1 rings (SSSR count). The predicted octanol–water partition coefficient (Wildman–Crippen LogP) is 1.77. The second kappa shape index (κ2) is 3.16. The zero-order chi connectivity index (χ0) is 9.35. The summed E-state index contributed by atoms with van der Waals surface area (Å²) < 4.78 is 0.885. The van der Waals surface area contributed by atoms with Crippen LogP contribution in [-0.4, -0.2) is 11.1 Å². The molecule has 3 N–H and O–H groups in total. The van der Waals surface area contributed by atoms with Crippen molar-refractivity contribution in [3.63, 3.8) is 0 Å². The molecule has 0 saturated heterocycles. The molecular weight excluding hydrogens is 242 g/mol. The summed E-state index contributed by atoms with van der Waals surface area (Å²) in [6.45, 7) is 1.48. The van der Waals surface area contributed by atoms with Crippen LogP contribution >= 0.6 is 27.3 Å². The molecule has 12 heavy (non-hydrogen) atoms. The molecule has 66 valence electrons. The largest absolute Gasteiger partial charge is 0.480 e. The van der Waals surface area contributed by atoms with Gasteiger partial charge in [-0.25, -0.2) is 4.79 Å². The average molecular weight is 250 g/mol. The van der Waals surface area contributed by atoms with Gasteiger partial charge in [-0.15, -0.1) is 11.3 Å². The Morgan fingerprint density at radius 1 is 1.75 bits per heavy atom. The number of nitrogens with two attached hydrogens (primary N) is 1. The number of carbonyl (C=O) groups is 1. The third-order valence-corrected chi connectivity index (χ3v) is 3.39. The van der Waals surface area contributed by atoms with Gasteiger partial charge < -0.3 is 10.8 Å². The van der Waals surface area contributed by atoms with Gasteiger partial charge in [0, 0.05) is 4.88 Å². The van der Waals surface area contributed by atoms with Crippen molar-refractivity contribution in [3.8, 4) is 0 Å². The summed E-state index contributed by atoms with van der Waals surface area (Å²) >= 11 is 4.58. The van der Waals surface area contributed by atoms with E-state index in [4.69, 9.17) is 10.8 Å². The highest BCUT2D eigenvalue weighted by molar-refractivity contribution is 9.11. The molecule has 0 aliphatic rings. The number of hydrogen-bond donors (Lipinski definition) is 2. The molecule has 0 saturated carbocycles. The lowest BCUT2D eigenvalue weighted by atomic mass is 10.0. The first-order chi connectivity index (χ1) is 5.44. The molecular formula is C7H8BrNO2S. The molecule has 0 unspecified atom stereocenters. The van der Waals surface area contributed by atoms with Gasteiger partial charge in [-0.05, 0) is 35.0 Å². The minimum atomic E-state index is -1.28. The predicted molar refractivity (Wildman–Crippen MR) is 51.2 cm³/mol. The number of carboxylic acids is 1. The van der Waals surface area contributed by atoms with Crippen molar-refractivity contribution in [2.24, 2.45) is 5.73 Å². The van der Waals surface area contributed by atoms with Crippen LogP contribution in [0.1, 0.15) is 11.8 Å². The molecule has 0 amide bonds. The second-order valence-electron chi connectivity index (χ2n) is 2.61. The van der Waals surface area contributed by atoms with E-state index in [1.807, 2.05) is 0 Å². The van der Waals surface area contributed by atoms with Gasteiger partial charge in [0.2, 0.25) is 0 Å². The Kier molecular flexibility index (Phi) is 2.55. The summed E-state index contributed by atoms with van der Waals surface area (Å²) in [5, 5.41) is 8.77. The van der Waals surface area contributed by atoms with E-state index in [1.165, 1.54) is 18.3 Å². The van der Waals surface area contributed by atoms with E-state index in [2.05, 4.69) is 15.9 Å². The highest BCUT2D eigenvalue weighted by Crippen LogP contribution is 2.29. The minimum Gasteiger partial charge on any atom is -0.480 e. The molecule has 0 bridgehead atoms. The Hall–Kier alpha value is -0.390. The third-order valence-electron chi connectivity index (χ3n) is 1.53. The molecule has 0 fully saturated rings. The van der Waals surface area contributed by atoms with Crippen LogP contribution in [0, 0.1) is 0 Å². The topological polar surface area (TPSA) is 63.3 Å². The van der Waals surface area contributed by atoms with Crippen LogP contribution in [0.15, 0.2) is 15.9 Å². The first-order valence-electron chi connectivity index (χ1n) is 3.22. The van der Waals surface area contributed by atoms with E-state index in [-0.39, 0.29) is 0 Å². The number of rotatable bonds is 2. The first kappa shape index (κ1) is 9.70. The Bertz CT molecular complexity index is 308. The van der Waals surface area contributed by atoms with Gasteiger partial charge in [0.05, 0.1) is 3.79 Å². The summed E-state index contributed by atoms with van der Waals surface area (Å²) in [5.41, 5.74) is 4.30. The van der Waals surface area contributed by atoms with Gasteiger partial charge in [-0.1, -0.05) is 0 Å². The number of thiophene rings is 1. The van der Waals surface area contributed by atoms with E-state index in [9.17, 15) is 4.79 Å². The normalized spacial score (nSPS) is 15.6. The smallest absolute Gasteiger partial charge is 0.328 e. The fourth-order valence-corrected chi connectivity index (χ4v) is 2.14. The lowest BCUT2D eigenvalue weighted by Gasteiger charge is -2.16. The fourth-order valence-electron chi connectivity index (χ4n) is 0.699. The molecule has 1 aromatic rings. The lowest BCUT2D eigenvalue weighted by Crippen LogP contribution is -2.40. The summed E-state index contributed by atoms with van der Waals surface area (Å²) in [6.07, 6.45) is 0. The average Bonchev–Trinajstić information content (AvgIpc) is 2.35. The zero-order valence-electron chi connectivity index (χ0n) is 6.37. The highest BCUT2D eigenvalue weighted by atomic mass is 79.9. The van der Waals surface area contributed by atoms with Crippen molar-refractivity contribution in [1.82, 2.24) is 0 Å². The number of aliphatic carboxylic acids is 1. The zero-order valence-corrected chi connectivity index (χ0v) is 8.78. The molecule has 3 nitrogen and oxygen atoms in total. The molecule has 0 aliphatic heterocycles. The van der Waals surface area contributed by atoms with E-state index in [0.29, 0.717) is 4.88 Å². The van der Waals surface area contributed by atoms with Crippen molar-refractivity contribution in [1.29, 1.82) is 0 Å². The van der Waals surface area contributed by atoms with Crippen LogP contribution in [0.25, 0.3) is 0 Å². The maximum Gasteiger partial charge on any atom is 0.328 e. The van der Waals surface area contributed by atoms with Crippen molar-refractivity contribution >= 4 is 33.2 Å². The van der Waals surface area contributed by atoms with Gasteiger partial charge in [0.25, 0.3) is 0 Å². The molecule has 0 aromatic carbocycles. The summed E-state index contributed by atoms with van der Waals surface area (Å²) in [4.78, 5) is 11.3. The molecule has 0 radical (unpaired) electrons. The van der Waals surface area contributed by atoms with Gasteiger partial charge in [0.15, 0.2) is 0 Å². The van der Waals surface area contributed by atoms with Gasteiger partial charge in [-0.2, -0.15) is 0 Å². The molecule has 1 aromatic heterocycles. The van der Waals surface area contributed by atoms with Crippen LogP contribution in [0.3, 0.4) is 0 Å². The standard InChI is InChI=1S/C7H8BrNO2S/c1-7(9,6(10)11)4-2-3-5(8)12-4/h2-3H,9H2,1H3,(H,10,11)/t7-/m0/s1. The van der Waals surface area contributed by atoms with Crippen molar-refractivity contribution in [2.75, 3.05) is 0 Å². The number of carboxylic acid groups (broad SMARTS) is 1. The fraction of sp³-hybridized carbons (Fsp3) is 0.286. The molecule has 1 atom stereocenters. The summed E-state index contributed by atoms with van der Waals surface area (Å²) in [6, 6.07) is 3.50. The molecule has 0 spiro atoms. The van der Waals surface area contributed by atoms with Crippen LogP contribution < -0.4 is 5.73 Å². The van der Waals surface area contributed by atoms with E-state index >= 15 is 0 Å². The van der Waals surface area contributed by atoms with Gasteiger partial charge in [-0.3, -0.25) is 0 Å². The number of halogens is 1. The van der Waals surface area contributed by atoms with Crippen molar-refractivity contribution in [2.45, 2.75) is 12.5 Å². The van der Waals surface area contributed by atoms with Crippen LogP contribution in [0.4, 0.5) is 0 Å². The summed E-state index contributed by atoms with van der Waals surface area (Å²) in [7, 11) is 0. The molecule has 5 heteroatoms. The maximum absolute atomic E-state index is 10.7. The highest BCUT2D eigenvalue weighted by Gasteiger charge is 2.31. The van der Waals surface area contributed by atoms with E-state index in [0.717, 1.165) is 3.79 Å². The van der Waals surface area contributed by atoms with Crippen molar-refractivity contribution < 1.29 is 9.90 Å².